The standard InChI is InChI=1S/C28H34FN5O4S/c1-4-15-34(16-19-11-12-19)27-21(28(35)33-39(36,37)25-10-6-9-24(30)32-25)13-14-23(31-27)20-7-5-8-22(29)26(20)38-17-18(2)3/h5-10,13-14,18-19H,4,11-12,15-17H2,1-3H3,(H2,30,32)(H,33,35). The van der Waals surface area contributed by atoms with E-state index in [-0.39, 0.29) is 28.1 Å². The monoisotopic (exact) mass is 555 g/mol. The lowest BCUT2D eigenvalue weighted by molar-refractivity contribution is 0.0981. The van der Waals surface area contributed by atoms with Crippen molar-refractivity contribution in [1.82, 2.24) is 14.7 Å². The molecule has 1 saturated carbocycles. The van der Waals surface area contributed by atoms with Crippen molar-refractivity contribution in [2.75, 3.05) is 30.3 Å². The maximum absolute atomic E-state index is 14.8. The molecule has 9 nitrogen and oxygen atoms in total. The van der Waals surface area contributed by atoms with E-state index in [1.165, 1.54) is 30.3 Å². The summed E-state index contributed by atoms with van der Waals surface area (Å²) in [5.74, 6) is -0.279. The number of nitrogen functional groups attached to an aromatic ring is 1. The average Bonchev–Trinajstić information content (AvgIpc) is 3.71. The van der Waals surface area contributed by atoms with Crippen LogP contribution in [0.25, 0.3) is 11.3 Å². The normalized spacial score (nSPS) is 13.4. The van der Waals surface area contributed by atoms with Crippen molar-refractivity contribution in [2.45, 2.75) is 45.1 Å². The number of halogens is 1. The molecule has 0 saturated heterocycles. The Morgan fingerprint density at radius 1 is 1.15 bits per heavy atom. The Hall–Kier alpha value is -3.73. The van der Waals surface area contributed by atoms with Crippen LogP contribution in [0.3, 0.4) is 0 Å². The van der Waals surface area contributed by atoms with E-state index >= 15 is 0 Å². The van der Waals surface area contributed by atoms with Crippen LogP contribution in [0.4, 0.5) is 16.0 Å². The number of pyridine rings is 2. The van der Waals surface area contributed by atoms with Gasteiger partial charge in [-0.1, -0.05) is 32.9 Å². The smallest absolute Gasteiger partial charge is 0.281 e. The van der Waals surface area contributed by atoms with Crippen molar-refractivity contribution in [3.63, 3.8) is 0 Å². The summed E-state index contributed by atoms with van der Waals surface area (Å²) in [4.78, 5) is 24.0. The van der Waals surface area contributed by atoms with E-state index in [9.17, 15) is 17.6 Å². The molecule has 0 aliphatic heterocycles. The summed E-state index contributed by atoms with van der Waals surface area (Å²) in [6.07, 6.45) is 2.94. The molecule has 0 bridgehead atoms. The summed E-state index contributed by atoms with van der Waals surface area (Å²) >= 11 is 0. The first-order chi connectivity index (χ1) is 18.6. The third-order valence-electron chi connectivity index (χ3n) is 6.14. The second kappa shape index (κ2) is 12.0. The zero-order valence-electron chi connectivity index (χ0n) is 22.4. The highest BCUT2D eigenvalue weighted by Crippen LogP contribution is 2.36. The van der Waals surface area contributed by atoms with Crippen molar-refractivity contribution < 1.29 is 22.3 Å². The Morgan fingerprint density at radius 2 is 1.90 bits per heavy atom. The zero-order chi connectivity index (χ0) is 28.2. The van der Waals surface area contributed by atoms with Gasteiger partial charge in [0.15, 0.2) is 16.6 Å². The molecule has 0 radical (unpaired) electrons. The molecule has 3 aromatic rings. The van der Waals surface area contributed by atoms with Crippen LogP contribution in [-0.2, 0) is 10.0 Å². The molecule has 39 heavy (non-hydrogen) atoms. The third kappa shape index (κ3) is 7.03. The van der Waals surface area contributed by atoms with Gasteiger partial charge in [-0.15, -0.1) is 0 Å². The van der Waals surface area contributed by atoms with E-state index in [0.29, 0.717) is 42.7 Å². The van der Waals surface area contributed by atoms with E-state index in [0.717, 1.165) is 19.3 Å². The number of nitrogens with two attached hydrogens (primary N) is 1. The second-order valence-electron chi connectivity index (χ2n) is 10.1. The molecule has 1 fully saturated rings. The van der Waals surface area contributed by atoms with Crippen LogP contribution in [-0.4, -0.2) is 44.0 Å². The maximum atomic E-state index is 14.8. The highest BCUT2D eigenvalue weighted by Gasteiger charge is 2.29. The fourth-order valence-corrected chi connectivity index (χ4v) is 5.04. The molecule has 11 heteroatoms. The average molecular weight is 556 g/mol. The van der Waals surface area contributed by atoms with Crippen LogP contribution >= 0.6 is 0 Å². The summed E-state index contributed by atoms with van der Waals surface area (Å²) < 4.78 is 48.6. The topological polar surface area (TPSA) is 128 Å². The van der Waals surface area contributed by atoms with Gasteiger partial charge in [-0.2, -0.15) is 8.42 Å². The van der Waals surface area contributed by atoms with Crippen molar-refractivity contribution in [1.29, 1.82) is 0 Å². The van der Waals surface area contributed by atoms with Crippen LogP contribution in [0.2, 0.25) is 0 Å². The predicted octanol–water partition coefficient (Wildman–Crippen LogP) is 4.64. The molecule has 1 aliphatic carbocycles. The lowest BCUT2D eigenvalue weighted by Crippen LogP contribution is -2.35. The lowest BCUT2D eigenvalue weighted by Gasteiger charge is -2.26. The molecule has 0 unspecified atom stereocenters. The molecule has 0 atom stereocenters. The molecule has 1 aliphatic rings. The number of hydrogen-bond donors (Lipinski definition) is 2. The quantitative estimate of drug-likeness (QED) is 0.331. The number of benzene rings is 1. The van der Waals surface area contributed by atoms with Crippen molar-refractivity contribution in [2.24, 2.45) is 11.8 Å². The van der Waals surface area contributed by atoms with Gasteiger partial charge in [-0.3, -0.25) is 4.79 Å². The lowest BCUT2D eigenvalue weighted by atomic mass is 10.1. The maximum Gasteiger partial charge on any atom is 0.281 e. The van der Waals surface area contributed by atoms with E-state index in [1.807, 2.05) is 25.7 Å². The van der Waals surface area contributed by atoms with Gasteiger partial charge >= 0.3 is 0 Å². The fraction of sp³-hybridized carbons (Fsp3) is 0.393. The largest absolute Gasteiger partial charge is 0.490 e. The number of ether oxygens (including phenoxy) is 1. The van der Waals surface area contributed by atoms with Gasteiger partial charge in [-0.05, 0) is 67.5 Å². The molecule has 4 rings (SSSR count). The second-order valence-corrected chi connectivity index (χ2v) is 11.7. The van der Waals surface area contributed by atoms with Gasteiger partial charge in [0.05, 0.1) is 17.9 Å². The number of sulfonamides is 1. The molecular weight excluding hydrogens is 521 g/mol. The Labute approximate surface area is 228 Å². The molecule has 1 aromatic carbocycles. The van der Waals surface area contributed by atoms with Crippen molar-refractivity contribution in [3.05, 3.63) is 59.9 Å². The third-order valence-corrected chi connectivity index (χ3v) is 7.37. The number of rotatable bonds is 12. The molecule has 0 spiro atoms. The highest BCUT2D eigenvalue weighted by atomic mass is 32.2. The Bertz CT molecular complexity index is 1440. The first-order valence-corrected chi connectivity index (χ1v) is 14.5. The molecular formula is C28H34FN5O4S. The van der Waals surface area contributed by atoms with Crippen LogP contribution < -0.4 is 20.1 Å². The number of anilines is 2. The first-order valence-electron chi connectivity index (χ1n) is 13.1. The molecule has 2 heterocycles. The molecule has 208 valence electrons. The zero-order valence-corrected chi connectivity index (χ0v) is 23.2. The van der Waals surface area contributed by atoms with E-state index in [1.54, 1.807) is 18.2 Å². The predicted molar refractivity (Wildman–Crippen MR) is 148 cm³/mol. The Morgan fingerprint density at radius 3 is 2.56 bits per heavy atom. The van der Waals surface area contributed by atoms with Gasteiger partial charge in [0.25, 0.3) is 15.9 Å². The minimum atomic E-state index is -4.29. The summed E-state index contributed by atoms with van der Waals surface area (Å²) in [5.41, 5.74) is 6.58. The Balaban J connectivity index is 1.76. The summed E-state index contributed by atoms with van der Waals surface area (Å²) in [7, 11) is -4.29. The summed E-state index contributed by atoms with van der Waals surface area (Å²) in [6.45, 7) is 7.56. The van der Waals surface area contributed by atoms with Gasteiger partial charge in [0.2, 0.25) is 0 Å². The molecule has 3 N–H and O–H groups in total. The number of nitrogens with one attached hydrogen (secondary N) is 1. The van der Waals surface area contributed by atoms with Gasteiger partial charge in [-0.25, -0.2) is 19.1 Å². The summed E-state index contributed by atoms with van der Waals surface area (Å²) in [6, 6.07) is 11.9. The number of carbonyl (C=O) groups is 1. The van der Waals surface area contributed by atoms with E-state index < -0.39 is 21.7 Å². The van der Waals surface area contributed by atoms with Crippen LogP contribution in [0, 0.1) is 17.7 Å². The minimum Gasteiger partial charge on any atom is -0.490 e. The molecule has 1 amide bonds. The van der Waals surface area contributed by atoms with Crippen molar-refractivity contribution in [3.8, 4) is 17.0 Å². The van der Waals surface area contributed by atoms with Crippen LogP contribution in [0.1, 0.15) is 50.4 Å². The number of para-hydroxylation sites is 1. The number of aromatic nitrogens is 2. The Kier molecular flexibility index (Phi) is 8.69. The summed E-state index contributed by atoms with van der Waals surface area (Å²) in [5, 5.41) is -0.364. The number of amides is 1. The molecule has 2 aromatic heterocycles. The minimum absolute atomic E-state index is 0.0150. The highest BCUT2D eigenvalue weighted by molar-refractivity contribution is 7.90. The first kappa shape index (κ1) is 28.3. The number of hydrogen-bond acceptors (Lipinski definition) is 8. The van der Waals surface area contributed by atoms with Crippen molar-refractivity contribution >= 4 is 27.6 Å². The van der Waals surface area contributed by atoms with Gasteiger partial charge in [0.1, 0.15) is 11.6 Å². The van der Waals surface area contributed by atoms with E-state index in [4.69, 9.17) is 15.5 Å². The number of nitrogens with zero attached hydrogens (tertiary/aromatic N) is 3. The van der Waals surface area contributed by atoms with Gasteiger partial charge < -0.3 is 15.4 Å². The van der Waals surface area contributed by atoms with E-state index in [2.05, 4.69) is 9.71 Å². The SMILES string of the molecule is CCCN(CC1CC1)c1nc(-c2cccc(F)c2OCC(C)C)ccc1C(=O)NS(=O)(=O)c1cccc(N)n1. The van der Waals surface area contributed by atoms with Gasteiger partial charge in [0, 0.05) is 18.7 Å². The fourth-order valence-electron chi connectivity index (χ4n) is 4.10. The van der Waals surface area contributed by atoms with Crippen LogP contribution in [0.15, 0.2) is 53.6 Å². The number of carbonyl (C=O) groups excluding carboxylic acids is 1. The van der Waals surface area contributed by atoms with Crippen LogP contribution in [0.5, 0.6) is 5.75 Å².